The van der Waals surface area contributed by atoms with Crippen molar-refractivity contribution >= 4 is 28.4 Å². The van der Waals surface area contributed by atoms with Crippen LogP contribution in [-0.4, -0.2) is 19.8 Å². The van der Waals surface area contributed by atoms with Crippen LogP contribution in [0.3, 0.4) is 0 Å². The van der Waals surface area contributed by atoms with Gasteiger partial charge in [0.05, 0.1) is 5.75 Å². The van der Waals surface area contributed by atoms with Gasteiger partial charge in [-0.15, -0.1) is 11.3 Å². The molecule has 1 rings (SSSR count). The van der Waals surface area contributed by atoms with Crippen LogP contribution in [0.4, 0.5) is 0 Å². The van der Waals surface area contributed by atoms with Crippen LogP contribution in [0.25, 0.3) is 0 Å². The van der Waals surface area contributed by atoms with Crippen molar-refractivity contribution in [1.29, 1.82) is 0 Å². The van der Waals surface area contributed by atoms with Gasteiger partial charge in [0.25, 0.3) is 0 Å². The van der Waals surface area contributed by atoms with Crippen LogP contribution in [0, 0.1) is 0 Å². The molecule has 0 aliphatic rings. The summed E-state index contributed by atoms with van der Waals surface area (Å²) in [6.45, 7) is 0. The van der Waals surface area contributed by atoms with Gasteiger partial charge in [0.15, 0.2) is 11.1 Å². The van der Waals surface area contributed by atoms with E-state index in [4.69, 9.17) is 9.66 Å². The Kier molecular flexibility index (Phi) is 2.96. The van der Waals surface area contributed by atoms with E-state index < -0.39 is 17.0 Å². The lowest BCUT2D eigenvalue weighted by atomic mass is 10.4. The Balaban J connectivity index is 2.77. The Morgan fingerprint density at radius 3 is 2.67 bits per heavy atom. The summed E-state index contributed by atoms with van der Waals surface area (Å²) in [6.07, 6.45) is 0. The zero-order chi connectivity index (χ0) is 9.14. The molecular weight excluding hydrogens is 200 g/mol. The molecule has 2 N–H and O–H groups in total. The maximum absolute atomic E-state index is 10.4. The van der Waals surface area contributed by atoms with Crippen molar-refractivity contribution in [3.05, 3.63) is 21.9 Å². The fourth-order valence-electron chi connectivity index (χ4n) is 0.692. The van der Waals surface area contributed by atoms with Crippen LogP contribution in [0.2, 0.25) is 0 Å². The molecule has 1 aromatic rings. The van der Waals surface area contributed by atoms with E-state index in [-0.39, 0.29) is 10.6 Å². The SMILES string of the molecule is O=C(O)c1ccc(CS(=O)O)s1. The van der Waals surface area contributed by atoms with Crippen molar-refractivity contribution in [2.24, 2.45) is 0 Å². The van der Waals surface area contributed by atoms with Crippen molar-refractivity contribution < 1.29 is 18.7 Å². The predicted octanol–water partition coefficient (Wildman–Crippen LogP) is 1.17. The first kappa shape index (κ1) is 9.37. The molecule has 0 amide bonds. The summed E-state index contributed by atoms with van der Waals surface area (Å²) < 4.78 is 18.8. The zero-order valence-corrected chi connectivity index (χ0v) is 7.52. The van der Waals surface area contributed by atoms with E-state index in [2.05, 4.69) is 0 Å². The molecule has 12 heavy (non-hydrogen) atoms. The molecule has 6 heteroatoms. The lowest BCUT2D eigenvalue weighted by molar-refractivity contribution is 0.0702. The molecule has 1 atom stereocenters. The minimum atomic E-state index is -1.90. The van der Waals surface area contributed by atoms with Crippen molar-refractivity contribution in [1.82, 2.24) is 0 Å². The van der Waals surface area contributed by atoms with Crippen molar-refractivity contribution in [2.45, 2.75) is 5.75 Å². The van der Waals surface area contributed by atoms with Crippen molar-refractivity contribution in [3.63, 3.8) is 0 Å². The highest BCUT2D eigenvalue weighted by Gasteiger charge is 2.07. The van der Waals surface area contributed by atoms with Crippen LogP contribution in [-0.2, 0) is 16.8 Å². The smallest absolute Gasteiger partial charge is 0.345 e. The van der Waals surface area contributed by atoms with Crippen molar-refractivity contribution in [3.8, 4) is 0 Å². The average molecular weight is 206 g/mol. The molecule has 0 radical (unpaired) electrons. The molecule has 0 aromatic carbocycles. The van der Waals surface area contributed by atoms with Gasteiger partial charge < -0.3 is 9.66 Å². The number of hydrogen-bond acceptors (Lipinski definition) is 3. The van der Waals surface area contributed by atoms with Gasteiger partial charge in [-0.05, 0) is 12.1 Å². The van der Waals surface area contributed by atoms with Crippen LogP contribution >= 0.6 is 11.3 Å². The molecule has 1 unspecified atom stereocenters. The molecule has 66 valence electrons. The van der Waals surface area contributed by atoms with E-state index in [0.29, 0.717) is 4.88 Å². The minimum absolute atomic E-state index is 0.00204. The number of carbonyl (C=O) groups is 1. The molecule has 1 aromatic heterocycles. The molecule has 1 heterocycles. The highest BCUT2D eigenvalue weighted by atomic mass is 32.2. The van der Waals surface area contributed by atoms with Crippen LogP contribution in [0.1, 0.15) is 14.5 Å². The second kappa shape index (κ2) is 3.79. The number of thiophene rings is 1. The van der Waals surface area contributed by atoms with Gasteiger partial charge in [0, 0.05) is 4.88 Å². The largest absolute Gasteiger partial charge is 0.477 e. The number of hydrogen-bond donors (Lipinski definition) is 2. The van der Waals surface area contributed by atoms with Crippen LogP contribution in [0.5, 0.6) is 0 Å². The monoisotopic (exact) mass is 206 g/mol. The second-order valence-corrected chi connectivity index (χ2v) is 4.14. The van der Waals surface area contributed by atoms with Crippen molar-refractivity contribution in [2.75, 3.05) is 0 Å². The van der Waals surface area contributed by atoms with Gasteiger partial charge >= 0.3 is 5.97 Å². The van der Waals surface area contributed by atoms with Gasteiger partial charge in [0.1, 0.15) is 4.88 Å². The molecule has 0 spiro atoms. The normalized spacial score (nSPS) is 12.8. The third kappa shape index (κ3) is 2.40. The molecule has 0 aliphatic heterocycles. The quantitative estimate of drug-likeness (QED) is 0.728. The first-order valence-electron chi connectivity index (χ1n) is 2.99. The average Bonchev–Trinajstić information content (AvgIpc) is 2.34. The Morgan fingerprint density at radius 2 is 2.25 bits per heavy atom. The standard InChI is InChI=1S/C6H6O4S2/c7-6(8)5-2-1-4(11-5)3-12(9)10/h1-2H,3H2,(H,7,8)(H,9,10). The topological polar surface area (TPSA) is 74.6 Å². The summed E-state index contributed by atoms with van der Waals surface area (Å²) in [6, 6.07) is 2.97. The highest BCUT2D eigenvalue weighted by molar-refractivity contribution is 7.78. The van der Waals surface area contributed by atoms with E-state index in [1.807, 2.05) is 0 Å². The predicted molar refractivity (Wildman–Crippen MR) is 45.8 cm³/mol. The molecule has 4 nitrogen and oxygen atoms in total. The summed E-state index contributed by atoms with van der Waals surface area (Å²) in [5.74, 6) is -1.01. The molecule has 0 saturated carbocycles. The first-order valence-corrected chi connectivity index (χ1v) is 5.08. The summed E-state index contributed by atoms with van der Waals surface area (Å²) in [5.41, 5.74) is 0. The summed E-state index contributed by atoms with van der Waals surface area (Å²) in [7, 11) is 0. The third-order valence-electron chi connectivity index (χ3n) is 1.14. The van der Waals surface area contributed by atoms with E-state index >= 15 is 0 Å². The number of carboxylic acids is 1. The Hall–Kier alpha value is -0.720. The highest BCUT2D eigenvalue weighted by Crippen LogP contribution is 2.17. The second-order valence-electron chi connectivity index (χ2n) is 2.04. The third-order valence-corrected chi connectivity index (χ3v) is 2.95. The number of aromatic carboxylic acids is 1. The van der Waals surface area contributed by atoms with E-state index in [1.165, 1.54) is 6.07 Å². The molecule has 0 aliphatic carbocycles. The molecule has 0 saturated heterocycles. The maximum Gasteiger partial charge on any atom is 0.345 e. The molecular formula is C6H6O4S2. The molecule has 0 bridgehead atoms. The minimum Gasteiger partial charge on any atom is -0.477 e. The Labute approximate surface area is 75.1 Å². The van der Waals surface area contributed by atoms with E-state index in [1.54, 1.807) is 6.07 Å². The summed E-state index contributed by atoms with van der Waals surface area (Å²) in [4.78, 5) is 11.2. The fourth-order valence-corrected chi connectivity index (χ4v) is 2.21. The number of rotatable bonds is 3. The Bertz CT molecular complexity index is 317. The fraction of sp³-hybridized carbons (Fsp3) is 0.167. The lowest BCUT2D eigenvalue weighted by Crippen LogP contribution is -1.90. The summed E-state index contributed by atoms with van der Waals surface area (Å²) >= 11 is -0.882. The van der Waals surface area contributed by atoms with Gasteiger partial charge in [-0.3, -0.25) is 0 Å². The molecule has 0 fully saturated rings. The van der Waals surface area contributed by atoms with Gasteiger partial charge in [0.2, 0.25) is 0 Å². The van der Waals surface area contributed by atoms with Gasteiger partial charge in [-0.25, -0.2) is 9.00 Å². The van der Waals surface area contributed by atoms with E-state index in [0.717, 1.165) is 11.3 Å². The van der Waals surface area contributed by atoms with Crippen LogP contribution in [0.15, 0.2) is 12.1 Å². The summed E-state index contributed by atoms with van der Waals surface area (Å²) in [5, 5.41) is 8.50. The van der Waals surface area contributed by atoms with Gasteiger partial charge in [-0.2, -0.15) is 0 Å². The zero-order valence-electron chi connectivity index (χ0n) is 5.89. The first-order chi connectivity index (χ1) is 5.59. The Morgan fingerprint density at radius 1 is 1.58 bits per heavy atom. The van der Waals surface area contributed by atoms with Crippen LogP contribution < -0.4 is 0 Å². The number of carboxylic acid groups (broad SMARTS) is 1. The van der Waals surface area contributed by atoms with E-state index in [9.17, 15) is 9.00 Å². The maximum atomic E-state index is 10.4. The lowest BCUT2D eigenvalue weighted by Gasteiger charge is -1.87. The van der Waals surface area contributed by atoms with Gasteiger partial charge in [-0.1, -0.05) is 0 Å².